The summed E-state index contributed by atoms with van der Waals surface area (Å²) in [5.74, 6) is 0.246. The van der Waals surface area contributed by atoms with Crippen LogP contribution in [0, 0.1) is 6.92 Å². The van der Waals surface area contributed by atoms with E-state index in [0.29, 0.717) is 21.7 Å². The number of aryl methyl sites for hydroxylation is 1. The number of para-hydroxylation sites is 1. The third-order valence-electron chi connectivity index (χ3n) is 1.84. The Kier molecular flexibility index (Phi) is 3.75. The molecule has 0 bridgehead atoms. The summed E-state index contributed by atoms with van der Waals surface area (Å²) in [5.41, 5.74) is 1.60. The zero-order valence-corrected chi connectivity index (χ0v) is 9.31. The molecule has 2 rings (SSSR count). The maximum absolute atomic E-state index is 9.43. The van der Waals surface area contributed by atoms with E-state index in [4.69, 9.17) is 3.80 Å². The van der Waals surface area contributed by atoms with Crippen LogP contribution in [0.2, 0.25) is 0 Å². The second kappa shape index (κ2) is 4.85. The summed E-state index contributed by atoms with van der Waals surface area (Å²) in [6.45, 7) is 1.91. The number of phenolic OH excluding ortho intramolecular Hbond substituents is 1. The van der Waals surface area contributed by atoms with Gasteiger partial charge in [0.15, 0.2) is 0 Å². The van der Waals surface area contributed by atoms with E-state index in [9.17, 15) is 5.11 Å². The molecule has 70 valence electrons. The normalized spacial score (nSPS) is 9.14. The number of benzene rings is 1. The quantitative estimate of drug-likeness (QED) is 0.660. The van der Waals surface area contributed by atoms with Crippen molar-refractivity contribution in [3.8, 4) is 5.75 Å². The van der Waals surface area contributed by atoms with Gasteiger partial charge in [-0.15, -0.1) is 0 Å². The molecule has 14 heavy (non-hydrogen) atoms. The molecule has 2 aromatic rings. The van der Waals surface area contributed by atoms with Crippen LogP contribution in [0.1, 0.15) is 5.69 Å². The Morgan fingerprint density at radius 1 is 1.21 bits per heavy atom. The van der Waals surface area contributed by atoms with Gasteiger partial charge >= 0.3 is 20.0 Å². The predicted molar refractivity (Wildman–Crippen MR) is 56.0 cm³/mol. The molecule has 0 fully saturated rings. The van der Waals surface area contributed by atoms with Gasteiger partial charge in [0.2, 0.25) is 0 Å². The fourth-order valence-corrected chi connectivity index (χ4v) is 1.23. The van der Waals surface area contributed by atoms with Crippen LogP contribution in [0.25, 0.3) is 10.9 Å². The van der Waals surface area contributed by atoms with Crippen molar-refractivity contribution in [2.45, 2.75) is 6.92 Å². The van der Waals surface area contributed by atoms with Gasteiger partial charge in [-0.25, -0.2) is 4.98 Å². The van der Waals surface area contributed by atoms with Crippen molar-refractivity contribution in [1.29, 1.82) is 0 Å². The Morgan fingerprint density at radius 2 is 1.93 bits per heavy atom. The van der Waals surface area contributed by atoms with Gasteiger partial charge < -0.3 is 5.11 Å². The number of nitrogens with zero attached hydrogens (tertiary/aromatic N) is 1. The zero-order valence-electron chi connectivity index (χ0n) is 7.90. The maximum atomic E-state index is 9.43. The number of fused-ring (bicyclic) bond motifs is 1. The van der Waals surface area contributed by atoms with Gasteiger partial charge in [-0.1, -0.05) is 18.2 Å². The summed E-state index contributed by atoms with van der Waals surface area (Å²) in [6, 6.07) is 9.28. The summed E-state index contributed by atoms with van der Waals surface area (Å²) in [6.07, 6.45) is 0. The summed E-state index contributed by atoms with van der Waals surface area (Å²) < 4.78 is 8.28. The van der Waals surface area contributed by atoms with Crippen molar-refractivity contribution >= 4 is 27.1 Å². The number of pyridine rings is 1. The average molecular weight is 203 g/mol. The van der Waals surface area contributed by atoms with Crippen LogP contribution in [0.5, 0.6) is 5.75 Å². The van der Waals surface area contributed by atoms with E-state index in [-0.39, 0.29) is 5.75 Å². The molecule has 1 aromatic carbocycles. The average Bonchev–Trinajstić information content (AvgIpc) is 2.22. The number of rotatable bonds is 0. The topological polar surface area (TPSA) is 50.2 Å². The van der Waals surface area contributed by atoms with Crippen molar-refractivity contribution in [3.63, 3.8) is 0 Å². The number of phenols is 1. The van der Waals surface area contributed by atoms with Crippen LogP contribution in [-0.4, -0.2) is 26.3 Å². The number of aromatic hydroxyl groups is 1. The van der Waals surface area contributed by atoms with Gasteiger partial charge in [-0.05, 0) is 19.1 Å². The summed E-state index contributed by atoms with van der Waals surface area (Å²) in [4.78, 5) is 4.23. The van der Waals surface area contributed by atoms with Crippen molar-refractivity contribution in [2.75, 3.05) is 0 Å². The van der Waals surface area contributed by atoms with Crippen molar-refractivity contribution in [3.05, 3.63) is 36.0 Å². The molecule has 0 amide bonds. The molecule has 0 unspecified atom stereocenters. The summed E-state index contributed by atoms with van der Waals surface area (Å²) >= 11 is 0.611. The molecular formula is C10H10AlNO2. The molecule has 0 aliphatic heterocycles. The molecule has 1 N–H and O–H groups in total. The van der Waals surface area contributed by atoms with Crippen LogP contribution < -0.4 is 0 Å². The fourth-order valence-electron chi connectivity index (χ4n) is 1.23. The number of hydrogen-bond acceptors (Lipinski definition) is 3. The minimum atomic E-state index is 0.246. The van der Waals surface area contributed by atoms with Gasteiger partial charge in [0.05, 0.1) is 0 Å². The van der Waals surface area contributed by atoms with Gasteiger partial charge in [-0.3, -0.25) is 0 Å². The van der Waals surface area contributed by atoms with Gasteiger partial charge in [0, 0.05) is 11.1 Å². The fraction of sp³-hybridized carbons (Fsp3) is 0.100. The molecule has 4 heteroatoms. The standard InChI is InChI=1S/C10H9NO.Al.O.H/c1-7-5-6-8-3-2-4-9(12)10(8)11-7;;;/h2-6,12H,1H3;;;. The second-order valence-corrected chi connectivity index (χ2v) is 2.80. The Hall–Kier alpha value is -1.24. The first-order valence-corrected chi connectivity index (χ1v) is 4.69. The third-order valence-corrected chi connectivity index (χ3v) is 1.84. The molecule has 1 aromatic heterocycles. The number of hydrogen-bond donors (Lipinski definition) is 1. The molecule has 3 nitrogen and oxygen atoms in total. The van der Waals surface area contributed by atoms with Crippen LogP contribution in [-0.2, 0) is 3.80 Å². The molecule has 0 radical (unpaired) electrons. The van der Waals surface area contributed by atoms with E-state index in [1.54, 1.807) is 6.07 Å². The van der Waals surface area contributed by atoms with E-state index in [2.05, 4.69) is 4.98 Å². The predicted octanol–water partition coefficient (Wildman–Crippen LogP) is 1.48. The summed E-state index contributed by atoms with van der Waals surface area (Å²) in [5, 5.41) is 10.4. The molecule has 0 aliphatic rings. The Bertz CT molecular complexity index is 445. The van der Waals surface area contributed by atoms with E-state index >= 15 is 0 Å². The van der Waals surface area contributed by atoms with Crippen LogP contribution in [0.3, 0.4) is 0 Å². The van der Waals surface area contributed by atoms with Crippen LogP contribution >= 0.6 is 0 Å². The van der Waals surface area contributed by atoms with E-state index in [0.717, 1.165) is 11.1 Å². The molecule has 0 aliphatic carbocycles. The summed E-state index contributed by atoms with van der Waals surface area (Å²) in [7, 11) is 0. The monoisotopic (exact) mass is 203 g/mol. The molecule has 0 saturated carbocycles. The third kappa shape index (κ3) is 2.17. The Morgan fingerprint density at radius 3 is 2.64 bits per heavy atom. The van der Waals surface area contributed by atoms with E-state index < -0.39 is 0 Å². The van der Waals surface area contributed by atoms with Crippen LogP contribution in [0.4, 0.5) is 0 Å². The van der Waals surface area contributed by atoms with Gasteiger partial charge in [0.1, 0.15) is 11.3 Å². The zero-order chi connectivity index (χ0) is 10.6. The first-order chi connectivity index (χ1) is 6.77. The van der Waals surface area contributed by atoms with Gasteiger partial charge in [0.25, 0.3) is 0 Å². The van der Waals surface area contributed by atoms with E-state index in [1.807, 2.05) is 31.2 Å². The molecule has 0 atom stereocenters. The van der Waals surface area contributed by atoms with Crippen molar-refractivity contribution in [2.24, 2.45) is 0 Å². The van der Waals surface area contributed by atoms with Crippen molar-refractivity contribution < 1.29 is 8.91 Å². The van der Waals surface area contributed by atoms with Crippen LogP contribution in [0.15, 0.2) is 30.3 Å². The Labute approximate surface area is 90.0 Å². The SMILES string of the molecule is Cc1ccc2cccc(O)c2n1.[O]=[AlH]. The van der Waals surface area contributed by atoms with E-state index in [1.165, 1.54) is 0 Å². The Balaban J connectivity index is 0.000000461. The minimum absolute atomic E-state index is 0.246. The molecule has 1 heterocycles. The molecular weight excluding hydrogens is 193 g/mol. The first-order valence-electron chi connectivity index (χ1n) is 4.11. The second-order valence-electron chi connectivity index (χ2n) is 2.80. The van der Waals surface area contributed by atoms with Gasteiger partial charge in [-0.2, -0.15) is 0 Å². The molecule has 0 saturated heterocycles. The molecule has 0 spiro atoms. The van der Waals surface area contributed by atoms with Crippen molar-refractivity contribution in [1.82, 2.24) is 4.98 Å². The number of aromatic nitrogens is 1. The first kappa shape index (κ1) is 10.8.